The monoisotopic (exact) mass is 231 g/mol. The molecule has 0 aromatic heterocycles. The Balaban J connectivity index is 1.94. The van der Waals surface area contributed by atoms with Gasteiger partial charge in [-0.15, -0.1) is 0 Å². The van der Waals surface area contributed by atoms with Crippen molar-refractivity contribution in [1.29, 1.82) is 0 Å². The molecule has 2 bridgehead atoms. The van der Waals surface area contributed by atoms with Gasteiger partial charge in [0.05, 0.1) is 13.2 Å². The maximum atomic E-state index is 12.3. The Labute approximate surface area is 101 Å². The number of methoxy groups -OCH3 is 1. The van der Waals surface area contributed by atoms with E-state index in [1.165, 1.54) is 0 Å². The number of ketones is 1. The van der Waals surface area contributed by atoms with Gasteiger partial charge in [0.25, 0.3) is 0 Å². The molecule has 90 valence electrons. The number of hydrogen-bond donors (Lipinski definition) is 0. The number of hydrogen-bond acceptors (Lipinski definition) is 3. The Morgan fingerprint density at radius 3 is 2.71 bits per heavy atom. The van der Waals surface area contributed by atoms with Crippen molar-refractivity contribution in [3.05, 3.63) is 29.8 Å². The van der Waals surface area contributed by atoms with Gasteiger partial charge in [-0.05, 0) is 43.6 Å². The molecular formula is C14H17NO2. The largest absolute Gasteiger partial charge is 0.497 e. The lowest BCUT2D eigenvalue weighted by Crippen LogP contribution is -2.50. The van der Waals surface area contributed by atoms with E-state index in [-0.39, 0.29) is 12.0 Å². The van der Waals surface area contributed by atoms with Crippen molar-refractivity contribution in [2.24, 2.45) is 5.92 Å². The van der Waals surface area contributed by atoms with E-state index in [0.29, 0.717) is 5.78 Å². The maximum Gasteiger partial charge on any atom is 0.157 e. The average molecular weight is 231 g/mol. The molecule has 1 unspecified atom stereocenters. The number of piperidine rings is 3. The number of Topliss-reactive ketones (excluding diaryl/α,β-unsaturated/α-hetero) is 1. The smallest absolute Gasteiger partial charge is 0.157 e. The molecule has 0 saturated carbocycles. The van der Waals surface area contributed by atoms with Crippen LogP contribution in [-0.2, 0) is 4.79 Å². The minimum Gasteiger partial charge on any atom is -0.497 e. The van der Waals surface area contributed by atoms with Crippen LogP contribution in [0.1, 0.15) is 24.4 Å². The molecule has 0 radical (unpaired) electrons. The predicted molar refractivity (Wildman–Crippen MR) is 65.0 cm³/mol. The number of nitrogens with zero attached hydrogens (tertiary/aromatic N) is 1. The second kappa shape index (κ2) is 4.15. The lowest BCUT2D eigenvalue weighted by atomic mass is 9.79. The molecule has 3 heterocycles. The number of rotatable bonds is 2. The second-order valence-corrected chi connectivity index (χ2v) is 4.89. The second-order valence-electron chi connectivity index (χ2n) is 4.89. The van der Waals surface area contributed by atoms with Crippen LogP contribution in [0.5, 0.6) is 5.75 Å². The third kappa shape index (κ3) is 1.75. The van der Waals surface area contributed by atoms with Crippen molar-refractivity contribution < 1.29 is 9.53 Å². The van der Waals surface area contributed by atoms with Crippen molar-refractivity contribution >= 4 is 5.78 Å². The van der Waals surface area contributed by atoms with Crippen LogP contribution in [0.2, 0.25) is 0 Å². The first kappa shape index (κ1) is 10.8. The number of carbonyl (C=O) groups is 1. The van der Waals surface area contributed by atoms with Gasteiger partial charge in [-0.2, -0.15) is 0 Å². The van der Waals surface area contributed by atoms with E-state index < -0.39 is 0 Å². The van der Waals surface area contributed by atoms with Crippen LogP contribution in [0.25, 0.3) is 0 Å². The van der Waals surface area contributed by atoms with Gasteiger partial charge in [0.2, 0.25) is 0 Å². The molecule has 3 fully saturated rings. The summed E-state index contributed by atoms with van der Waals surface area (Å²) in [4.78, 5) is 14.6. The zero-order chi connectivity index (χ0) is 11.8. The highest BCUT2D eigenvalue weighted by molar-refractivity contribution is 5.89. The molecule has 3 heteroatoms. The summed E-state index contributed by atoms with van der Waals surface area (Å²) < 4.78 is 5.23. The Kier molecular flexibility index (Phi) is 2.63. The van der Waals surface area contributed by atoms with E-state index in [9.17, 15) is 4.79 Å². The molecule has 17 heavy (non-hydrogen) atoms. The quantitative estimate of drug-likeness (QED) is 0.780. The van der Waals surface area contributed by atoms with E-state index in [4.69, 9.17) is 4.74 Å². The number of fused-ring (bicyclic) bond motifs is 3. The van der Waals surface area contributed by atoms with Gasteiger partial charge in [0, 0.05) is 5.92 Å². The summed E-state index contributed by atoms with van der Waals surface area (Å²) in [5, 5.41) is 0. The lowest BCUT2D eigenvalue weighted by Gasteiger charge is -2.44. The van der Waals surface area contributed by atoms with Crippen LogP contribution < -0.4 is 4.74 Å². The number of carbonyl (C=O) groups excluding carboxylic acids is 1. The SMILES string of the molecule is COc1cccc(C2C(=O)C3CCN2CC3)c1. The third-order valence-corrected chi connectivity index (χ3v) is 3.98. The van der Waals surface area contributed by atoms with Crippen LogP contribution >= 0.6 is 0 Å². The molecule has 3 aliphatic heterocycles. The molecule has 0 spiro atoms. The number of ether oxygens (including phenoxy) is 1. The Hall–Kier alpha value is -1.35. The van der Waals surface area contributed by atoms with E-state index in [1.54, 1.807) is 7.11 Å². The normalized spacial score (nSPS) is 31.6. The van der Waals surface area contributed by atoms with Crippen molar-refractivity contribution in [1.82, 2.24) is 4.90 Å². The first-order valence-corrected chi connectivity index (χ1v) is 6.21. The van der Waals surface area contributed by atoms with E-state index in [2.05, 4.69) is 4.90 Å². The van der Waals surface area contributed by atoms with Crippen molar-refractivity contribution in [3.63, 3.8) is 0 Å². The molecular weight excluding hydrogens is 214 g/mol. The summed E-state index contributed by atoms with van der Waals surface area (Å²) in [5.74, 6) is 1.52. The zero-order valence-electron chi connectivity index (χ0n) is 10.1. The van der Waals surface area contributed by atoms with Gasteiger partial charge >= 0.3 is 0 Å². The van der Waals surface area contributed by atoms with E-state index in [1.807, 2.05) is 24.3 Å². The van der Waals surface area contributed by atoms with Crippen LogP contribution in [-0.4, -0.2) is 30.9 Å². The van der Waals surface area contributed by atoms with Gasteiger partial charge in [-0.1, -0.05) is 12.1 Å². The summed E-state index contributed by atoms with van der Waals surface area (Å²) in [6.07, 6.45) is 2.08. The van der Waals surface area contributed by atoms with Crippen LogP contribution in [0.15, 0.2) is 24.3 Å². The lowest BCUT2D eigenvalue weighted by molar-refractivity contribution is -0.137. The van der Waals surface area contributed by atoms with Gasteiger partial charge in [-0.25, -0.2) is 0 Å². The highest BCUT2D eigenvalue weighted by atomic mass is 16.5. The summed E-state index contributed by atoms with van der Waals surface area (Å²) in [6.45, 7) is 2.11. The van der Waals surface area contributed by atoms with Crippen LogP contribution in [0.3, 0.4) is 0 Å². The van der Waals surface area contributed by atoms with Crippen molar-refractivity contribution in [2.45, 2.75) is 18.9 Å². The molecule has 1 atom stereocenters. The zero-order valence-corrected chi connectivity index (χ0v) is 10.1. The molecule has 0 aliphatic carbocycles. The third-order valence-electron chi connectivity index (χ3n) is 3.98. The Bertz CT molecular complexity index is 436. The van der Waals surface area contributed by atoms with E-state index in [0.717, 1.165) is 37.2 Å². The summed E-state index contributed by atoms with van der Waals surface area (Å²) >= 11 is 0. The Morgan fingerprint density at radius 1 is 1.29 bits per heavy atom. The molecule has 3 nitrogen and oxygen atoms in total. The summed E-state index contributed by atoms with van der Waals surface area (Å²) in [7, 11) is 1.66. The molecule has 3 saturated heterocycles. The molecule has 0 N–H and O–H groups in total. The minimum atomic E-state index is -0.0300. The first-order chi connectivity index (χ1) is 8.29. The summed E-state index contributed by atoms with van der Waals surface area (Å²) in [5.41, 5.74) is 1.08. The van der Waals surface area contributed by atoms with Crippen LogP contribution in [0, 0.1) is 5.92 Å². The van der Waals surface area contributed by atoms with Gasteiger partial charge in [0.1, 0.15) is 5.75 Å². The fraction of sp³-hybridized carbons (Fsp3) is 0.500. The molecule has 0 amide bonds. The summed E-state index contributed by atoms with van der Waals surface area (Å²) in [6, 6.07) is 7.88. The van der Waals surface area contributed by atoms with Crippen molar-refractivity contribution in [2.75, 3.05) is 20.2 Å². The minimum absolute atomic E-state index is 0.0300. The fourth-order valence-electron chi connectivity index (χ4n) is 3.03. The van der Waals surface area contributed by atoms with Gasteiger partial charge in [0.15, 0.2) is 5.78 Å². The Morgan fingerprint density at radius 2 is 2.06 bits per heavy atom. The van der Waals surface area contributed by atoms with Crippen LogP contribution in [0.4, 0.5) is 0 Å². The molecule has 3 aliphatic rings. The highest BCUT2D eigenvalue weighted by Gasteiger charge is 2.41. The van der Waals surface area contributed by atoms with Gasteiger partial charge < -0.3 is 4.74 Å². The predicted octanol–water partition coefficient (Wildman–Crippen LogP) is 2.03. The van der Waals surface area contributed by atoms with Gasteiger partial charge in [-0.3, -0.25) is 9.69 Å². The highest BCUT2D eigenvalue weighted by Crippen LogP contribution is 2.38. The molecule has 1 aromatic rings. The topological polar surface area (TPSA) is 29.5 Å². The first-order valence-electron chi connectivity index (χ1n) is 6.21. The fourth-order valence-corrected chi connectivity index (χ4v) is 3.03. The van der Waals surface area contributed by atoms with E-state index >= 15 is 0 Å². The number of benzene rings is 1. The maximum absolute atomic E-state index is 12.3. The molecule has 4 rings (SSSR count). The standard InChI is InChI=1S/C14H17NO2/c1-17-12-4-2-3-11(9-12)13-14(16)10-5-7-15(13)8-6-10/h2-4,9-10,13H,5-8H2,1H3. The average Bonchev–Trinajstić information content (AvgIpc) is 2.40. The molecule has 1 aromatic carbocycles. The van der Waals surface area contributed by atoms with Crippen molar-refractivity contribution in [3.8, 4) is 5.75 Å².